The molecule has 2 aromatic rings. The number of H-pyrrole nitrogens is 1. The minimum atomic E-state index is -0.510. The number of nitrogens with two attached hydrogens (primary N) is 1. The first-order valence-electron chi connectivity index (χ1n) is 5.79. The second-order valence-corrected chi connectivity index (χ2v) is 4.18. The summed E-state index contributed by atoms with van der Waals surface area (Å²) in [6.07, 6.45) is 0. The smallest absolute Gasteiger partial charge is 0.347 e. The van der Waals surface area contributed by atoms with Crippen LogP contribution in [0.4, 0.5) is 11.5 Å². The molecule has 0 radical (unpaired) electrons. The molecule has 1 atom stereocenters. The third kappa shape index (κ3) is 2.65. The number of carbonyl (C=O) groups excluding carboxylic acids is 1. The molecule has 0 bridgehead atoms. The lowest BCUT2D eigenvalue weighted by Crippen LogP contribution is -2.36. The quantitative estimate of drug-likeness (QED) is 0.583. The van der Waals surface area contributed by atoms with Crippen molar-refractivity contribution in [2.24, 2.45) is 0 Å². The summed E-state index contributed by atoms with van der Waals surface area (Å²) in [6.45, 7) is 1.68. The molecule has 0 saturated carbocycles. The summed E-state index contributed by atoms with van der Waals surface area (Å²) >= 11 is 0. The van der Waals surface area contributed by atoms with E-state index in [0.717, 1.165) is 0 Å². The maximum Gasteiger partial charge on any atom is 0.347 e. The average Bonchev–Trinajstić information content (AvgIpc) is 2.38. The van der Waals surface area contributed by atoms with E-state index in [1.54, 1.807) is 32.2 Å². The van der Waals surface area contributed by atoms with Gasteiger partial charge in [-0.25, -0.2) is 4.79 Å². The van der Waals surface area contributed by atoms with Crippen LogP contribution in [0.3, 0.4) is 0 Å². The predicted molar refractivity (Wildman–Crippen MR) is 73.9 cm³/mol. The van der Waals surface area contributed by atoms with E-state index < -0.39 is 11.7 Å². The molecule has 0 spiro atoms. The number of rotatable bonds is 3. The van der Waals surface area contributed by atoms with Crippen LogP contribution in [-0.4, -0.2) is 29.0 Å². The standard InChI is InChI=1S/C12H15N5O2/c1-6(11(18)14-2)15-10-8-5-7(13)3-4-9(8)16-12(19)17-10/h3-6H,13H2,1-2H3,(H,14,18)(H2,15,16,17,19)/t6-/m1/s1. The van der Waals surface area contributed by atoms with Crippen LogP contribution >= 0.6 is 0 Å². The Morgan fingerprint density at radius 2 is 2.21 bits per heavy atom. The molecule has 100 valence electrons. The molecule has 1 heterocycles. The number of hydrogen-bond acceptors (Lipinski definition) is 5. The number of aromatic nitrogens is 2. The van der Waals surface area contributed by atoms with E-state index in [1.807, 2.05) is 0 Å². The SMILES string of the molecule is CNC(=O)[C@@H](C)Nc1nc(=O)[nH]c2ccc(N)cc12. The minimum Gasteiger partial charge on any atom is -0.399 e. The van der Waals surface area contributed by atoms with Crippen molar-refractivity contribution in [1.29, 1.82) is 0 Å². The number of amides is 1. The van der Waals surface area contributed by atoms with Crippen LogP contribution in [0.1, 0.15) is 6.92 Å². The number of aromatic amines is 1. The zero-order valence-corrected chi connectivity index (χ0v) is 10.7. The largest absolute Gasteiger partial charge is 0.399 e. The summed E-state index contributed by atoms with van der Waals surface area (Å²) < 4.78 is 0. The van der Waals surface area contributed by atoms with Crippen LogP contribution in [0.25, 0.3) is 10.9 Å². The topological polar surface area (TPSA) is 113 Å². The molecule has 1 amide bonds. The lowest BCUT2D eigenvalue weighted by molar-refractivity contribution is -0.121. The van der Waals surface area contributed by atoms with Gasteiger partial charge in [-0.3, -0.25) is 4.79 Å². The summed E-state index contributed by atoms with van der Waals surface area (Å²) in [4.78, 5) is 29.4. The van der Waals surface area contributed by atoms with Gasteiger partial charge in [-0.05, 0) is 25.1 Å². The highest BCUT2D eigenvalue weighted by Gasteiger charge is 2.13. The second-order valence-electron chi connectivity index (χ2n) is 4.18. The second kappa shape index (κ2) is 4.97. The molecule has 19 heavy (non-hydrogen) atoms. The van der Waals surface area contributed by atoms with Gasteiger partial charge in [-0.15, -0.1) is 0 Å². The number of benzene rings is 1. The van der Waals surface area contributed by atoms with Gasteiger partial charge in [0.05, 0.1) is 5.52 Å². The first kappa shape index (κ1) is 12.9. The molecule has 0 aliphatic heterocycles. The van der Waals surface area contributed by atoms with Crippen molar-refractivity contribution in [3.8, 4) is 0 Å². The Balaban J connectivity index is 2.49. The fraction of sp³-hybridized carbons (Fsp3) is 0.250. The van der Waals surface area contributed by atoms with Crippen LogP contribution in [0.2, 0.25) is 0 Å². The van der Waals surface area contributed by atoms with E-state index in [0.29, 0.717) is 22.4 Å². The van der Waals surface area contributed by atoms with E-state index in [4.69, 9.17) is 5.73 Å². The number of nitrogens with one attached hydrogen (secondary N) is 3. The van der Waals surface area contributed by atoms with Crippen molar-refractivity contribution in [3.05, 3.63) is 28.7 Å². The van der Waals surface area contributed by atoms with Crippen molar-refractivity contribution >= 4 is 28.3 Å². The molecular weight excluding hydrogens is 246 g/mol. The van der Waals surface area contributed by atoms with E-state index in [-0.39, 0.29) is 5.91 Å². The lowest BCUT2D eigenvalue weighted by Gasteiger charge is -2.14. The number of carbonyl (C=O) groups is 1. The van der Waals surface area contributed by atoms with Gasteiger partial charge >= 0.3 is 5.69 Å². The molecule has 5 N–H and O–H groups in total. The monoisotopic (exact) mass is 261 g/mol. The molecule has 0 saturated heterocycles. The summed E-state index contributed by atoms with van der Waals surface area (Å²) in [5.41, 5.74) is 6.40. The summed E-state index contributed by atoms with van der Waals surface area (Å²) in [7, 11) is 1.54. The Kier molecular flexibility index (Phi) is 3.37. The third-order valence-electron chi connectivity index (χ3n) is 2.75. The van der Waals surface area contributed by atoms with E-state index in [1.165, 1.54) is 0 Å². The van der Waals surface area contributed by atoms with Crippen molar-refractivity contribution < 1.29 is 4.79 Å². The molecule has 7 heteroatoms. The first-order valence-corrected chi connectivity index (χ1v) is 5.79. The number of nitrogen functional groups attached to an aromatic ring is 1. The number of likely N-dealkylation sites (N-methyl/N-ethyl adjacent to an activating group) is 1. The fourth-order valence-electron chi connectivity index (χ4n) is 1.77. The Morgan fingerprint density at radius 3 is 2.89 bits per heavy atom. The van der Waals surface area contributed by atoms with Crippen molar-refractivity contribution in [2.75, 3.05) is 18.1 Å². The Bertz CT molecular complexity index is 679. The van der Waals surface area contributed by atoms with Crippen molar-refractivity contribution in [2.45, 2.75) is 13.0 Å². The van der Waals surface area contributed by atoms with Gasteiger partial charge in [-0.1, -0.05) is 0 Å². The van der Waals surface area contributed by atoms with E-state index >= 15 is 0 Å². The van der Waals surface area contributed by atoms with Crippen molar-refractivity contribution in [1.82, 2.24) is 15.3 Å². The van der Waals surface area contributed by atoms with E-state index in [9.17, 15) is 9.59 Å². The molecule has 0 aliphatic rings. The normalized spacial score (nSPS) is 12.1. The molecule has 0 aliphatic carbocycles. The van der Waals surface area contributed by atoms with Gasteiger partial charge in [-0.2, -0.15) is 4.98 Å². The number of fused-ring (bicyclic) bond motifs is 1. The van der Waals surface area contributed by atoms with Crippen LogP contribution in [0.15, 0.2) is 23.0 Å². The first-order chi connectivity index (χ1) is 9.01. The molecule has 2 rings (SSSR count). The molecule has 0 unspecified atom stereocenters. The zero-order valence-electron chi connectivity index (χ0n) is 10.7. The van der Waals surface area contributed by atoms with Gasteiger partial charge in [0.15, 0.2) is 0 Å². The minimum absolute atomic E-state index is 0.195. The highest BCUT2D eigenvalue weighted by Crippen LogP contribution is 2.21. The summed E-state index contributed by atoms with van der Waals surface area (Å²) in [6, 6.07) is 4.56. The molecule has 1 aromatic heterocycles. The fourth-order valence-corrected chi connectivity index (χ4v) is 1.77. The van der Waals surface area contributed by atoms with Crippen LogP contribution in [0.5, 0.6) is 0 Å². The van der Waals surface area contributed by atoms with Crippen LogP contribution < -0.4 is 22.1 Å². The zero-order chi connectivity index (χ0) is 14.0. The molecular formula is C12H15N5O2. The van der Waals surface area contributed by atoms with Crippen LogP contribution in [0, 0.1) is 0 Å². The summed E-state index contributed by atoms with van der Waals surface area (Å²) in [5.74, 6) is 0.140. The molecule has 7 nitrogen and oxygen atoms in total. The number of hydrogen-bond donors (Lipinski definition) is 4. The van der Waals surface area contributed by atoms with E-state index in [2.05, 4.69) is 20.6 Å². The average molecular weight is 261 g/mol. The maximum absolute atomic E-state index is 11.5. The number of nitrogens with zero attached hydrogens (tertiary/aromatic N) is 1. The van der Waals surface area contributed by atoms with Crippen LogP contribution in [-0.2, 0) is 4.79 Å². The number of anilines is 2. The molecule has 1 aromatic carbocycles. The molecule has 0 fully saturated rings. The highest BCUT2D eigenvalue weighted by molar-refractivity contribution is 5.93. The Labute approximate surface area is 109 Å². The third-order valence-corrected chi connectivity index (χ3v) is 2.75. The van der Waals surface area contributed by atoms with Gasteiger partial charge in [0.25, 0.3) is 0 Å². The summed E-state index contributed by atoms with van der Waals surface area (Å²) in [5, 5.41) is 6.09. The predicted octanol–water partition coefficient (Wildman–Crippen LogP) is 0.0517. The Morgan fingerprint density at radius 1 is 1.47 bits per heavy atom. The van der Waals surface area contributed by atoms with Gasteiger partial charge in [0, 0.05) is 18.1 Å². The highest BCUT2D eigenvalue weighted by atomic mass is 16.2. The maximum atomic E-state index is 11.5. The van der Waals surface area contributed by atoms with Crippen molar-refractivity contribution in [3.63, 3.8) is 0 Å². The Hall–Kier alpha value is -2.57. The van der Waals surface area contributed by atoms with Gasteiger partial charge < -0.3 is 21.4 Å². The lowest BCUT2D eigenvalue weighted by atomic mass is 10.2. The van der Waals surface area contributed by atoms with Gasteiger partial charge in [0.1, 0.15) is 11.9 Å². The van der Waals surface area contributed by atoms with Gasteiger partial charge in [0.2, 0.25) is 5.91 Å².